The summed E-state index contributed by atoms with van der Waals surface area (Å²) in [6, 6.07) is 18.5. The zero-order chi connectivity index (χ0) is 37.3. The molecule has 3 heterocycles. The van der Waals surface area contributed by atoms with Crippen LogP contribution in [0.15, 0.2) is 88.6 Å². The van der Waals surface area contributed by atoms with E-state index in [4.69, 9.17) is 14.1 Å². The minimum Gasteiger partial charge on any atom is -0.512 e. The normalized spacial score (nSPS) is 17.5. The van der Waals surface area contributed by atoms with Crippen LogP contribution in [-0.4, -0.2) is 22.0 Å². The summed E-state index contributed by atoms with van der Waals surface area (Å²) in [4.78, 5) is 17.1. The average molecular weight is 879 g/mol. The maximum atomic E-state index is 12.2. The fraction of sp³-hybridized carbons (Fsp3) is 0.435. The zero-order valence-electron chi connectivity index (χ0n) is 32.9. The summed E-state index contributed by atoms with van der Waals surface area (Å²) >= 11 is 0. The molecule has 6 rings (SSSR count). The van der Waals surface area contributed by atoms with Crippen LogP contribution in [0.3, 0.4) is 0 Å². The second kappa shape index (κ2) is 16.1. The van der Waals surface area contributed by atoms with Crippen molar-refractivity contribution in [1.82, 2.24) is 4.98 Å². The maximum Gasteiger partial charge on any atom is 0.219 e. The molecule has 0 bridgehead atoms. The molecule has 6 heteroatoms. The Morgan fingerprint density at radius 3 is 2.13 bits per heavy atom. The first-order valence-electron chi connectivity index (χ1n) is 18.6. The van der Waals surface area contributed by atoms with Crippen molar-refractivity contribution in [3.63, 3.8) is 0 Å². The van der Waals surface area contributed by atoms with E-state index in [0.29, 0.717) is 5.71 Å². The van der Waals surface area contributed by atoms with E-state index in [1.54, 1.807) is 0 Å². The maximum absolute atomic E-state index is 12.2. The van der Waals surface area contributed by atoms with Gasteiger partial charge in [0.2, 0.25) is 5.71 Å². The second-order valence-electron chi connectivity index (χ2n) is 15.8. The number of aromatic nitrogens is 1. The van der Waals surface area contributed by atoms with Crippen molar-refractivity contribution in [1.29, 1.82) is 0 Å². The van der Waals surface area contributed by atoms with Crippen LogP contribution in [0.5, 0.6) is 0 Å². The standard InChI is InChI=1S/C31H28NO2.C15H28O2.Ir/c1-18-14-25-24(29-19(2)22-11-8-9-13-28(22)34-29)17-27(32-30(25)33-18)21-15-20-10-6-7-12-23(20)26(16-21)31(3,4)5;1-7-14(5,8-2)12(16)11-13(17)15(6,9-3)10-4;/h6-14,16-17,22,28H,1-5H3;11,16H,7-10H2,1-6H3;/q-1;;/b;12-11-;. The molecule has 2 atom stereocenters. The van der Waals surface area contributed by atoms with E-state index in [1.165, 1.54) is 22.6 Å². The Labute approximate surface area is 324 Å². The van der Waals surface area contributed by atoms with Gasteiger partial charge in [-0.15, -0.1) is 29.1 Å². The number of allylic oxidation sites excluding steroid dienone is 4. The van der Waals surface area contributed by atoms with Gasteiger partial charge in [0.05, 0.1) is 5.39 Å². The molecule has 0 spiro atoms. The number of nitrogens with zero attached hydrogens (tertiary/aromatic N) is 1. The molecule has 1 aliphatic carbocycles. The van der Waals surface area contributed by atoms with Crippen molar-refractivity contribution in [3.05, 3.63) is 107 Å². The summed E-state index contributed by atoms with van der Waals surface area (Å²) < 4.78 is 12.5. The Bertz CT molecular complexity index is 2050. The van der Waals surface area contributed by atoms with Crippen LogP contribution in [0.4, 0.5) is 0 Å². The van der Waals surface area contributed by atoms with E-state index in [-0.39, 0.29) is 59.9 Å². The summed E-state index contributed by atoms with van der Waals surface area (Å²) in [5.74, 6) is 2.32. The van der Waals surface area contributed by atoms with Gasteiger partial charge in [-0.05, 0) is 62.7 Å². The topological polar surface area (TPSA) is 72.6 Å². The molecule has 4 aromatic rings. The van der Waals surface area contributed by atoms with Gasteiger partial charge >= 0.3 is 0 Å². The van der Waals surface area contributed by atoms with Crippen molar-refractivity contribution in [2.75, 3.05) is 0 Å². The number of fused-ring (bicyclic) bond motifs is 3. The fourth-order valence-corrected chi connectivity index (χ4v) is 6.88. The number of furan rings is 1. The molecule has 0 fully saturated rings. The number of hydrogen-bond donors (Lipinski definition) is 1. The predicted octanol–water partition coefficient (Wildman–Crippen LogP) is 12.6. The molecule has 5 nitrogen and oxygen atoms in total. The number of ether oxygens (including phenoxy) is 1. The number of ketones is 1. The first-order valence-corrected chi connectivity index (χ1v) is 18.6. The summed E-state index contributed by atoms with van der Waals surface area (Å²) in [7, 11) is 0. The number of aliphatic hydroxyl groups excluding tert-OH is 1. The molecule has 1 radical (unpaired) electrons. The monoisotopic (exact) mass is 879 g/mol. The summed E-state index contributed by atoms with van der Waals surface area (Å²) in [5.41, 5.74) is 5.38. The Kier molecular flexibility index (Phi) is 12.7. The molecule has 2 aliphatic rings. The van der Waals surface area contributed by atoms with Crippen molar-refractivity contribution < 1.29 is 39.2 Å². The van der Waals surface area contributed by atoms with E-state index in [9.17, 15) is 9.90 Å². The van der Waals surface area contributed by atoms with Crippen LogP contribution in [0.25, 0.3) is 38.9 Å². The number of aliphatic hydroxyl groups is 1. The van der Waals surface area contributed by atoms with Gasteiger partial charge in [0, 0.05) is 54.2 Å². The minimum atomic E-state index is -0.337. The quantitative estimate of drug-likeness (QED) is 0.103. The third-order valence-electron chi connectivity index (χ3n) is 11.5. The molecule has 0 amide bonds. The Morgan fingerprint density at radius 1 is 0.885 bits per heavy atom. The molecule has 279 valence electrons. The SMILES string of the molecule is CC1=C(c2cc(-c3[c-]c4ccccc4c(C(C)(C)C)c3)nc3oc(C)cc23)OC2C=CC=CC12.CCC(C)(CC)C(=O)/C=C(\O)C(C)(CC)CC.[Ir]. The van der Waals surface area contributed by atoms with Gasteiger partial charge in [0.25, 0.3) is 0 Å². The first-order chi connectivity index (χ1) is 24.1. The number of hydrogen-bond acceptors (Lipinski definition) is 5. The van der Waals surface area contributed by atoms with Gasteiger partial charge < -0.3 is 14.3 Å². The van der Waals surface area contributed by atoms with Crippen molar-refractivity contribution in [3.8, 4) is 11.3 Å². The van der Waals surface area contributed by atoms with Crippen molar-refractivity contribution in [2.45, 2.75) is 113 Å². The molecule has 2 aromatic carbocycles. The molecule has 2 aromatic heterocycles. The van der Waals surface area contributed by atoms with Gasteiger partial charge in [-0.25, -0.2) is 0 Å². The van der Waals surface area contributed by atoms with Crippen LogP contribution in [0.1, 0.15) is 112 Å². The van der Waals surface area contributed by atoms with Crippen LogP contribution in [0.2, 0.25) is 0 Å². The minimum absolute atomic E-state index is 0. The molecular formula is C46H56IrNO4-. The number of carbonyl (C=O) groups excluding carboxylic acids is 1. The number of benzene rings is 2. The number of pyridine rings is 1. The molecule has 0 saturated heterocycles. The number of rotatable bonds is 9. The third kappa shape index (κ3) is 8.09. The Morgan fingerprint density at radius 2 is 1.52 bits per heavy atom. The van der Waals surface area contributed by atoms with Crippen LogP contribution < -0.4 is 0 Å². The van der Waals surface area contributed by atoms with Crippen molar-refractivity contribution >= 4 is 33.4 Å². The first kappa shape index (κ1) is 41.0. The molecule has 0 saturated carbocycles. The van der Waals surface area contributed by atoms with Gasteiger partial charge in [0.15, 0.2) is 5.78 Å². The largest absolute Gasteiger partial charge is 0.512 e. The van der Waals surface area contributed by atoms with Crippen LogP contribution >= 0.6 is 0 Å². The van der Waals surface area contributed by atoms with Crippen LogP contribution in [0, 0.1) is 29.7 Å². The average Bonchev–Trinajstić information content (AvgIpc) is 3.68. The molecule has 1 aliphatic heterocycles. The summed E-state index contributed by atoms with van der Waals surface area (Å²) in [6.07, 6.45) is 13.3. The van der Waals surface area contributed by atoms with E-state index < -0.39 is 0 Å². The summed E-state index contributed by atoms with van der Waals surface area (Å²) in [6.45, 7) is 23.0. The smallest absolute Gasteiger partial charge is 0.219 e. The van der Waals surface area contributed by atoms with Crippen LogP contribution in [-0.2, 0) is 35.1 Å². The molecule has 1 N–H and O–H groups in total. The number of aryl methyl sites for hydroxylation is 1. The molecule has 52 heavy (non-hydrogen) atoms. The molecular weight excluding hydrogens is 823 g/mol. The second-order valence-corrected chi connectivity index (χ2v) is 15.8. The zero-order valence-corrected chi connectivity index (χ0v) is 35.3. The van der Waals surface area contributed by atoms with Gasteiger partial charge in [0.1, 0.15) is 23.4 Å². The fourth-order valence-electron chi connectivity index (χ4n) is 6.88. The van der Waals surface area contributed by atoms with Gasteiger partial charge in [-0.3, -0.25) is 9.78 Å². The van der Waals surface area contributed by atoms with E-state index in [1.807, 2.05) is 48.5 Å². The van der Waals surface area contributed by atoms with E-state index >= 15 is 0 Å². The predicted molar refractivity (Wildman–Crippen MR) is 212 cm³/mol. The van der Waals surface area contributed by atoms with Gasteiger partial charge in [-0.2, -0.15) is 0 Å². The third-order valence-corrected chi connectivity index (χ3v) is 11.5. The molecule has 2 unspecified atom stereocenters. The van der Waals surface area contributed by atoms with E-state index in [2.05, 4.69) is 101 Å². The van der Waals surface area contributed by atoms with Crippen molar-refractivity contribution in [2.24, 2.45) is 16.7 Å². The van der Waals surface area contributed by atoms with E-state index in [0.717, 1.165) is 64.8 Å². The Balaban J connectivity index is 0.000000289. The number of carbonyl (C=O) groups is 1. The van der Waals surface area contributed by atoms with Gasteiger partial charge in [-0.1, -0.05) is 116 Å². The Hall–Kier alpha value is -3.73. The summed E-state index contributed by atoms with van der Waals surface area (Å²) in [5, 5.41) is 13.4.